The maximum absolute atomic E-state index is 13.6. The Morgan fingerprint density at radius 3 is 1.15 bits per heavy atom. The Balaban J connectivity index is 5.17. The van der Waals surface area contributed by atoms with Gasteiger partial charge in [0, 0.05) is 12.8 Å². The maximum atomic E-state index is 13.6. The van der Waals surface area contributed by atoms with Crippen LogP contribution >= 0.6 is 7.82 Å². The Hall–Kier alpha value is -3.07. The van der Waals surface area contributed by atoms with Crippen molar-refractivity contribution < 1.29 is 37.3 Å². The molecule has 0 aromatic heterocycles. The van der Waals surface area contributed by atoms with Gasteiger partial charge < -0.3 is 28.5 Å². The fourth-order valence-corrected chi connectivity index (χ4v) is 10.0. The topological polar surface area (TPSA) is 114 Å². The molecule has 0 aliphatic rings. The third kappa shape index (κ3) is 61.3. The lowest BCUT2D eigenvalue weighted by Gasteiger charge is -2.30. The van der Waals surface area contributed by atoms with Crippen molar-refractivity contribution in [3.05, 3.63) is 97.2 Å². The lowest BCUT2D eigenvalue weighted by atomic mass is 10.0. The standard InChI is InChI=1S/C71H127N2O7P/c1-7-10-13-16-19-22-25-27-29-31-33-35-36-38-39-41-43-45-48-51-54-57-60-63-70(74)72-68(67-79-81(76,77)78-66-65-73(4,5)6)69(62-59-56-53-50-47-24-21-18-15-12-9-3)80-71(75)64-61-58-55-52-49-46-44-42-40-37-34-32-30-28-26-23-20-17-14-11-8-2/h19-20,22-23,27-30,33-35,37,42,44,59,62,68-69H,7-18,21,24-26,31-32,36,38-41,43,45-58,60-61,63-67H2,1-6H3,(H-,72,74,76,77)/b22-19-,23-20-,29-27-,30-28-,35-33-,37-34-,44-42-,62-59+. The molecule has 1 N–H and O–H groups in total. The Bertz CT molecular complexity index is 1710. The number of phosphoric ester groups is 1. The largest absolute Gasteiger partial charge is 0.756 e. The van der Waals surface area contributed by atoms with Crippen molar-refractivity contribution >= 4 is 19.7 Å². The van der Waals surface area contributed by atoms with Crippen LogP contribution in [-0.4, -0.2) is 69.4 Å². The normalized spacial score (nSPS) is 14.2. The van der Waals surface area contributed by atoms with Crippen LogP contribution in [0.1, 0.15) is 290 Å². The molecule has 3 atom stereocenters. The Kier molecular flexibility index (Phi) is 57.8. The smallest absolute Gasteiger partial charge is 0.306 e. The van der Waals surface area contributed by atoms with Gasteiger partial charge in [-0.3, -0.25) is 14.2 Å². The first kappa shape index (κ1) is 77.9. The minimum absolute atomic E-state index is 0.0305. The number of allylic oxidation sites excluding steroid dienone is 15. The molecule has 0 aromatic carbocycles. The van der Waals surface area contributed by atoms with Crippen LogP contribution in [0.2, 0.25) is 0 Å². The average molecular weight is 1150 g/mol. The number of hydrogen-bond donors (Lipinski definition) is 1. The molecule has 0 heterocycles. The van der Waals surface area contributed by atoms with Gasteiger partial charge in [-0.15, -0.1) is 0 Å². The molecule has 0 spiro atoms. The summed E-state index contributed by atoms with van der Waals surface area (Å²) in [5.74, 6) is -0.567. The van der Waals surface area contributed by atoms with E-state index in [4.69, 9.17) is 13.8 Å². The zero-order chi connectivity index (χ0) is 59.3. The van der Waals surface area contributed by atoms with Crippen molar-refractivity contribution in [3.8, 4) is 0 Å². The van der Waals surface area contributed by atoms with Crippen molar-refractivity contribution in [3.63, 3.8) is 0 Å². The summed E-state index contributed by atoms with van der Waals surface area (Å²) in [6.07, 6.45) is 80.9. The summed E-state index contributed by atoms with van der Waals surface area (Å²) >= 11 is 0. The highest BCUT2D eigenvalue weighted by Crippen LogP contribution is 2.38. The minimum atomic E-state index is -4.71. The number of esters is 1. The van der Waals surface area contributed by atoms with Gasteiger partial charge in [0.15, 0.2) is 0 Å². The molecule has 9 nitrogen and oxygen atoms in total. The van der Waals surface area contributed by atoms with Crippen LogP contribution in [0.4, 0.5) is 0 Å². The first-order valence-electron chi connectivity index (χ1n) is 33.5. The van der Waals surface area contributed by atoms with Gasteiger partial charge in [-0.25, -0.2) is 0 Å². The van der Waals surface area contributed by atoms with Crippen LogP contribution in [0.25, 0.3) is 0 Å². The fraction of sp³-hybridized carbons (Fsp3) is 0.746. The molecule has 0 bridgehead atoms. The van der Waals surface area contributed by atoms with Crippen LogP contribution < -0.4 is 10.2 Å². The van der Waals surface area contributed by atoms with Crippen LogP contribution in [-0.2, 0) is 27.9 Å². The van der Waals surface area contributed by atoms with Crippen molar-refractivity contribution in [2.75, 3.05) is 40.9 Å². The van der Waals surface area contributed by atoms with Crippen LogP contribution in [0.15, 0.2) is 97.2 Å². The van der Waals surface area contributed by atoms with Gasteiger partial charge in [-0.2, -0.15) is 0 Å². The van der Waals surface area contributed by atoms with Crippen molar-refractivity contribution in [1.29, 1.82) is 0 Å². The Morgan fingerprint density at radius 1 is 0.432 bits per heavy atom. The summed E-state index contributed by atoms with van der Waals surface area (Å²) in [5.41, 5.74) is 0. The van der Waals surface area contributed by atoms with Gasteiger partial charge in [-0.1, -0.05) is 260 Å². The molecule has 0 saturated carbocycles. The van der Waals surface area contributed by atoms with Gasteiger partial charge >= 0.3 is 5.97 Å². The molecule has 81 heavy (non-hydrogen) atoms. The van der Waals surface area contributed by atoms with E-state index in [2.05, 4.69) is 111 Å². The monoisotopic (exact) mass is 1150 g/mol. The maximum Gasteiger partial charge on any atom is 0.306 e. The van der Waals surface area contributed by atoms with Gasteiger partial charge in [0.1, 0.15) is 19.3 Å². The molecule has 0 rings (SSSR count). The van der Waals surface area contributed by atoms with Gasteiger partial charge in [0.25, 0.3) is 7.82 Å². The highest BCUT2D eigenvalue weighted by molar-refractivity contribution is 7.45. The molecule has 0 aliphatic heterocycles. The molecule has 3 unspecified atom stereocenters. The average Bonchev–Trinajstić information content (AvgIpc) is 3.43. The van der Waals surface area contributed by atoms with E-state index in [0.717, 1.165) is 116 Å². The number of nitrogens with zero attached hydrogens (tertiary/aromatic N) is 1. The van der Waals surface area contributed by atoms with Crippen molar-refractivity contribution in [2.45, 2.75) is 303 Å². The SMILES string of the molecule is CCCCC/C=C\C/C=C\C/C=C\C/C=C\CCCCCCCC(=O)OC(/C=C/CCCCCCCCCCC)C(COP(=O)([O-])OCC[N+](C)(C)C)NC(=O)CCCCCCCCCCCC/C=C\C/C=C\C/C=C\CCCCC. The molecular weight excluding hydrogens is 1020 g/mol. The Morgan fingerprint density at radius 2 is 0.753 bits per heavy atom. The number of unbranched alkanes of at least 4 members (excludes halogenated alkanes) is 30. The fourth-order valence-electron chi connectivity index (χ4n) is 9.28. The van der Waals surface area contributed by atoms with E-state index in [9.17, 15) is 19.0 Å². The molecule has 0 aromatic rings. The summed E-state index contributed by atoms with van der Waals surface area (Å²) in [5, 5.41) is 3.03. The number of quaternary nitrogens is 1. The van der Waals surface area contributed by atoms with E-state index in [0.29, 0.717) is 23.9 Å². The molecule has 0 aliphatic carbocycles. The number of likely N-dealkylation sites (N-methyl/N-ethyl adjacent to an activating group) is 1. The van der Waals surface area contributed by atoms with Crippen LogP contribution in [0.5, 0.6) is 0 Å². The number of ether oxygens (including phenoxy) is 1. The first-order chi connectivity index (χ1) is 39.4. The molecule has 10 heteroatoms. The number of rotatable bonds is 60. The molecular formula is C71H127N2O7P. The van der Waals surface area contributed by atoms with Crippen LogP contribution in [0, 0.1) is 0 Å². The van der Waals surface area contributed by atoms with Crippen molar-refractivity contribution in [1.82, 2.24) is 5.32 Å². The van der Waals surface area contributed by atoms with Crippen molar-refractivity contribution in [2.24, 2.45) is 0 Å². The minimum Gasteiger partial charge on any atom is -0.756 e. The van der Waals surface area contributed by atoms with Gasteiger partial charge in [0.05, 0.1) is 33.8 Å². The number of carbonyl (C=O) groups excluding carboxylic acids is 2. The third-order valence-electron chi connectivity index (χ3n) is 14.5. The Labute approximate surface area is 500 Å². The number of carbonyl (C=O) groups is 2. The second-order valence-corrected chi connectivity index (χ2v) is 25.0. The summed E-state index contributed by atoms with van der Waals surface area (Å²) < 4.78 is 30.4. The molecule has 0 saturated heterocycles. The lowest BCUT2D eigenvalue weighted by Crippen LogP contribution is -2.47. The number of nitrogens with one attached hydrogen (secondary N) is 1. The number of phosphoric acid groups is 1. The summed E-state index contributed by atoms with van der Waals surface area (Å²) in [7, 11) is 1.16. The van der Waals surface area contributed by atoms with E-state index in [-0.39, 0.29) is 24.9 Å². The summed E-state index contributed by atoms with van der Waals surface area (Å²) in [4.78, 5) is 40.1. The van der Waals surface area contributed by atoms with E-state index in [1.54, 1.807) is 0 Å². The predicted octanol–water partition coefficient (Wildman–Crippen LogP) is 20.5. The third-order valence-corrected chi connectivity index (χ3v) is 15.5. The number of amides is 1. The molecule has 1 amide bonds. The van der Waals surface area contributed by atoms with E-state index < -0.39 is 26.6 Å². The zero-order valence-electron chi connectivity index (χ0n) is 53.5. The number of hydrogen-bond acceptors (Lipinski definition) is 7. The molecule has 468 valence electrons. The lowest BCUT2D eigenvalue weighted by molar-refractivity contribution is -0.870. The summed E-state index contributed by atoms with van der Waals surface area (Å²) in [6, 6.07) is -0.904. The highest BCUT2D eigenvalue weighted by atomic mass is 31.2. The van der Waals surface area contributed by atoms with Gasteiger partial charge in [0.2, 0.25) is 5.91 Å². The first-order valence-corrected chi connectivity index (χ1v) is 35.0. The second kappa shape index (κ2) is 60.1. The second-order valence-electron chi connectivity index (χ2n) is 23.6. The predicted molar refractivity (Wildman–Crippen MR) is 348 cm³/mol. The van der Waals surface area contributed by atoms with Crippen LogP contribution in [0.3, 0.4) is 0 Å². The summed E-state index contributed by atoms with van der Waals surface area (Å²) in [6.45, 7) is 6.77. The van der Waals surface area contributed by atoms with E-state index >= 15 is 0 Å². The van der Waals surface area contributed by atoms with Gasteiger partial charge in [-0.05, 0) is 115 Å². The zero-order valence-corrected chi connectivity index (χ0v) is 54.4. The van der Waals surface area contributed by atoms with E-state index in [1.165, 1.54) is 135 Å². The quantitative estimate of drug-likeness (QED) is 0.0212. The van der Waals surface area contributed by atoms with E-state index in [1.807, 2.05) is 33.3 Å². The highest BCUT2D eigenvalue weighted by Gasteiger charge is 2.27. The molecule has 0 fully saturated rings. The molecule has 0 radical (unpaired) electrons.